The Hall–Kier alpha value is -2.94. The van der Waals surface area contributed by atoms with E-state index in [4.69, 9.17) is 28.9 Å². The summed E-state index contributed by atoms with van der Waals surface area (Å²) >= 11 is 11.7. The number of halogens is 6. The minimum absolute atomic E-state index is 0.00788. The summed E-state index contributed by atoms with van der Waals surface area (Å²) in [6.45, 7) is 4.96. The number of hydrogen-bond donors (Lipinski definition) is 1. The van der Waals surface area contributed by atoms with Crippen LogP contribution in [0.4, 0.5) is 29.1 Å². The molecule has 4 rings (SSSR count). The second-order valence-corrected chi connectivity index (χ2v) is 10.9. The SMILES string of the molecule is C=CS(=O)(=O)N1CCN(c2ncnn3c(=O)c(-c4c(N)c(Cl)cc(Cl)c4F)c(C(F)(F)F)cc23)[C@@H](C)C1. The van der Waals surface area contributed by atoms with Crippen LogP contribution in [0.5, 0.6) is 0 Å². The standard InChI is InChI=1S/C21H18Cl2F4N6O3S/c1-3-37(35,36)31-4-5-32(10(2)8-31)19-14-6-11(21(25,26)27)15(20(34)33(14)30-9-29-19)16-17(24)12(22)7-13(23)18(16)28/h3,6-7,9-10H,1,4-5,8,28H2,2H3/t10-/m0/s1. The molecule has 16 heteroatoms. The molecular weight excluding hydrogens is 563 g/mol. The molecule has 0 radical (unpaired) electrons. The number of hydrogen-bond acceptors (Lipinski definition) is 7. The Balaban J connectivity index is 1.98. The largest absolute Gasteiger partial charge is 0.417 e. The number of benzene rings is 1. The zero-order valence-electron chi connectivity index (χ0n) is 18.9. The highest BCUT2D eigenvalue weighted by atomic mass is 35.5. The molecular formula is C21H18Cl2F4N6O3S. The van der Waals surface area contributed by atoms with Gasteiger partial charge in [-0.2, -0.15) is 27.1 Å². The molecule has 2 N–H and O–H groups in total. The fourth-order valence-electron chi connectivity index (χ4n) is 4.19. The molecule has 1 aliphatic heterocycles. The van der Waals surface area contributed by atoms with Crippen molar-refractivity contribution in [2.24, 2.45) is 0 Å². The first-order chi connectivity index (χ1) is 17.2. The van der Waals surface area contributed by atoms with E-state index >= 15 is 0 Å². The second kappa shape index (κ2) is 9.42. The number of sulfonamides is 1. The smallest absolute Gasteiger partial charge is 0.397 e. The summed E-state index contributed by atoms with van der Waals surface area (Å²) in [5, 5.41) is 3.62. The summed E-state index contributed by atoms with van der Waals surface area (Å²) in [4.78, 5) is 19.0. The average Bonchev–Trinajstić information content (AvgIpc) is 2.83. The maximum Gasteiger partial charge on any atom is 0.417 e. The number of rotatable bonds is 4. The molecule has 0 aliphatic carbocycles. The molecule has 0 spiro atoms. The zero-order valence-corrected chi connectivity index (χ0v) is 21.3. The van der Waals surface area contributed by atoms with Crippen LogP contribution in [0.15, 0.2) is 35.2 Å². The van der Waals surface area contributed by atoms with Gasteiger partial charge in [-0.1, -0.05) is 29.8 Å². The first-order valence-electron chi connectivity index (χ1n) is 10.5. The molecule has 1 saturated heterocycles. The van der Waals surface area contributed by atoms with Crippen molar-refractivity contribution in [3.8, 4) is 11.1 Å². The van der Waals surface area contributed by atoms with Crippen LogP contribution in [0.2, 0.25) is 10.0 Å². The predicted molar refractivity (Wildman–Crippen MR) is 132 cm³/mol. The van der Waals surface area contributed by atoms with E-state index in [1.165, 1.54) is 4.31 Å². The second-order valence-electron chi connectivity index (χ2n) is 8.17. The monoisotopic (exact) mass is 580 g/mol. The summed E-state index contributed by atoms with van der Waals surface area (Å²) < 4.78 is 83.9. The van der Waals surface area contributed by atoms with Gasteiger partial charge >= 0.3 is 6.18 Å². The van der Waals surface area contributed by atoms with Gasteiger partial charge in [-0.25, -0.2) is 17.8 Å². The van der Waals surface area contributed by atoms with Crippen LogP contribution in [-0.2, 0) is 16.2 Å². The molecule has 1 atom stereocenters. The highest BCUT2D eigenvalue weighted by Gasteiger charge is 2.39. The number of piperazine rings is 1. The Labute approximate surface area is 217 Å². The van der Waals surface area contributed by atoms with Crippen LogP contribution in [0.25, 0.3) is 16.6 Å². The summed E-state index contributed by atoms with van der Waals surface area (Å²) in [6, 6.07) is 0.974. The molecule has 0 unspecified atom stereocenters. The van der Waals surface area contributed by atoms with Gasteiger partial charge in [0.15, 0.2) is 11.6 Å². The highest BCUT2D eigenvalue weighted by Crippen LogP contribution is 2.43. The number of nitrogens with zero attached hydrogens (tertiary/aromatic N) is 5. The molecule has 0 saturated carbocycles. The zero-order chi connectivity index (χ0) is 27.4. The Morgan fingerprint density at radius 1 is 1.19 bits per heavy atom. The maximum atomic E-state index is 15.0. The van der Waals surface area contributed by atoms with Gasteiger partial charge in [0, 0.05) is 36.6 Å². The van der Waals surface area contributed by atoms with E-state index in [0.29, 0.717) is 10.6 Å². The lowest BCUT2D eigenvalue weighted by molar-refractivity contribution is -0.137. The van der Waals surface area contributed by atoms with Gasteiger partial charge in [0.1, 0.15) is 11.8 Å². The number of nitrogens with two attached hydrogens (primary N) is 1. The van der Waals surface area contributed by atoms with Gasteiger partial charge in [0.25, 0.3) is 5.56 Å². The first kappa shape index (κ1) is 27.1. The molecule has 37 heavy (non-hydrogen) atoms. The van der Waals surface area contributed by atoms with Crippen molar-refractivity contribution < 1.29 is 26.0 Å². The fourth-order valence-corrected chi connectivity index (χ4v) is 5.62. The van der Waals surface area contributed by atoms with Crippen LogP contribution < -0.4 is 16.2 Å². The van der Waals surface area contributed by atoms with Gasteiger partial charge in [-0.3, -0.25) is 4.79 Å². The predicted octanol–water partition coefficient (Wildman–Crippen LogP) is 3.79. The minimum atomic E-state index is -5.13. The molecule has 1 fully saturated rings. The Morgan fingerprint density at radius 3 is 2.46 bits per heavy atom. The van der Waals surface area contributed by atoms with Gasteiger partial charge in [0.05, 0.1) is 26.9 Å². The normalized spacial score (nSPS) is 17.4. The molecule has 3 heterocycles. The van der Waals surface area contributed by atoms with E-state index < -0.39 is 61.0 Å². The van der Waals surface area contributed by atoms with Crippen molar-refractivity contribution in [2.75, 3.05) is 30.3 Å². The van der Waals surface area contributed by atoms with Crippen LogP contribution in [0.1, 0.15) is 12.5 Å². The fraction of sp³-hybridized carbons (Fsp3) is 0.286. The summed E-state index contributed by atoms with van der Waals surface area (Å²) in [5.41, 5.74) is -0.00817. The highest BCUT2D eigenvalue weighted by molar-refractivity contribution is 7.92. The Morgan fingerprint density at radius 2 is 1.86 bits per heavy atom. The van der Waals surface area contributed by atoms with Gasteiger partial charge in [0.2, 0.25) is 10.0 Å². The number of nitrogen functional groups attached to an aromatic ring is 1. The van der Waals surface area contributed by atoms with Crippen molar-refractivity contribution in [3.05, 3.63) is 62.2 Å². The summed E-state index contributed by atoms with van der Waals surface area (Å²) in [5.74, 6) is -1.40. The van der Waals surface area contributed by atoms with E-state index in [0.717, 1.165) is 17.8 Å². The number of fused-ring (bicyclic) bond motifs is 1. The van der Waals surface area contributed by atoms with E-state index in [1.54, 1.807) is 11.8 Å². The van der Waals surface area contributed by atoms with Crippen molar-refractivity contribution in [3.63, 3.8) is 0 Å². The molecule has 1 aliphatic rings. The van der Waals surface area contributed by atoms with Crippen LogP contribution in [0, 0.1) is 5.82 Å². The minimum Gasteiger partial charge on any atom is -0.397 e. The van der Waals surface area contributed by atoms with Crippen molar-refractivity contribution in [2.45, 2.75) is 19.1 Å². The third kappa shape index (κ3) is 4.62. The van der Waals surface area contributed by atoms with E-state index in [9.17, 15) is 30.8 Å². The first-order valence-corrected chi connectivity index (χ1v) is 12.8. The van der Waals surface area contributed by atoms with Crippen molar-refractivity contribution in [1.29, 1.82) is 0 Å². The van der Waals surface area contributed by atoms with E-state index in [2.05, 4.69) is 16.7 Å². The number of pyridine rings is 1. The lowest BCUT2D eigenvalue weighted by atomic mass is 9.98. The van der Waals surface area contributed by atoms with Gasteiger partial charge in [-0.15, -0.1) is 0 Å². The van der Waals surface area contributed by atoms with Crippen molar-refractivity contribution >= 4 is 50.2 Å². The van der Waals surface area contributed by atoms with Crippen LogP contribution in [-0.4, -0.2) is 53.0 Å². The van der Waals surface area contributed by atoms with Crippen LogP contribution in [0.3, 0.4) is 0 Å². The number of aromatic nitrogens is 3. The van der Waals surface area contributed by atoms with E-state index in [-0.39, 0.29) is 36.0 Å². The quantitative estimate of drug-likeness (QED) is 0.284. The molecule has 2 aromatic heterocycles. The van der Waals surface area contributed by atoms with Crippen LogP contribution >= 0.6 is 23.2 Å². The van der Waals surface area contributed by atoms with Gasteiger partial charge < -0.3 is 10.6 Å². The average molecular weight is 581 g/mol. The summed E-state index contributed by atoms with van der Waals surface area (Å²) in [6.07, 6.45) is -4.18. The lowest BCUT2D eigenvalue weighted by Crippen LogP contribution is -2.53. The third-order valence-electron chi connectivity index (χ3n) is 5.96. The Kier molecular flexibility index (Phi) is 6.90. The van der Waals surface area contributed by atoms with E-state index in [1.807, 2.05) is 0 Å². The number of anilines is 2. The summed E-state index contributed by atoms with van der Waals surface area (Å²) in [7, 11) is -3.72. The maximum absolute atomic E-state index is 15.0. The van der Waals surface area contributed by atoms with Crippen molar-refractivity contribution in [1.82, 2.24) is 18.9 Å². The molecule has 0 amide bonds. The molecule has 0 bridgehead atoms. The molecule has 9 nitrogen and oxygen atoms in total. The molecule has 198 valence electrons. The lowest BCUT2D eigenvalue weighted by Gasteiger charge is -2.39. The Bertz CT molecular complexity index is 1570. The van der Waals surface area contributed by atoms with Gasteiger partial charge in [-0.05, 0) is 19.1 Å². The number of alkyl halides is 3. The third-order valence-corrected chi connectivity index (χ3v) is 8.02. The topological polar surface area (TPSA) is 114 Å². The molecule has 1 aromatic carbocycles. The molecule has 3 aromatic rings.